The van der Waals surface area contributed by atoms with E-state index in [2.05, 4.69) is 15.0 Å². The number of hydrogen-bond donors (Lipinski definition) is 2. The van der Waals surface area contributed by atoms with Crippen molar-refractivity contribution in [2.24, 2.45) is 0 Å². The fraction of sp³-hybridized carbons (Fsp3) is 0.182. The summed E-state index contributed by atoms with van der Waals surface area (Å²) in [7, 11) is 0. The summed E-state index contributed by atoms with van der Waals surface area (Å²) in [5.74, 6) is 0.990. The molecule has 30 heavy (non-hydrogen) atoms. The van der Waals surface area contributed by atoms with Gasteiger partial charge >= 0.3 is 0 Å². The van der Waals surface area contributed by atoms with Gasteiger partial charge in [-0.3, -0.25) is 4.79 Å². The lowest BCUT2D eigenvalue weighted by Crippen LogP contribution is -2.13. The fourth-order valence-corrected chi connectivity index (χ4v) is 4.23. The molecule has 4 rings (SSSR count). The number of hydrogen-bond acceptors (Lipinski definition) is 6. The molecule has 0 spiro atoms. The zero-order valence-corrected chi connectivity index (χ0v) is 18.1. The molecule has 4 aromatic rings. The molecule has 0 fully saturated rings. The number of nitrogens with one attached hydrogen (secondary N) is 1. The zero-order valence-electron chi connectivity index (χ0n) is 16.5. The summed E-state index contributed by atoms with van der Waals surface area (Å²) >= 11 is 7.41. The molecule has 2 aromatic carbocycles. The third-order valence-electron chi connectivity index (χ3n) is 4.76. The van der Waals surface area contributed by atoms with Gasteiger partial charge in [0.15, 0.2) is 5.16 Å². The molecule has 1 atom stereocenters. The van der Waals surface area contributed by atoms with Crippen LogP contribution in [0.15, 0.2) is 58.5 Å². The summed E-state index contributed by atoms with van der Waals surface area (Å²) in [4.78, 5) is 29.1. The van der Waals surface area contributed by atoms with E-state index >= 15 is 0 Å². The van der Waals surface area contributed by atoms with Crippen molar-refractivity contribution in [2.45, 2.75) is 30.7 Å². The van der Waals surface area contributed by atoms with Gasteiger partial charge in [-0.1, -0.05) is 54.6 Å². The summed E-state index contributed by atoms with van der Waals surface area (Å²) in [5, 5.41) is 1.62. The third-order valence-corrected chi connectivity index (χ3v) is 5.98. The summed E-state index contributed by atoms with van der Waals surface area (Å²) in [6.45, 7) is 3.98. The summed E-state index contributed by atoms with van der Waals surface area (Å²) in [5.41, 5.74) is 9.43. The number of para-hydroxylation sites is 1. The van der Waals surface area contributed by atoms with Crippen molar-refractivity contribution in [1.82, 2.24) is 19.9 Å². The lowest BCUT2D eigenvalue weighted by atomic mass is 10.0. The zero-order chi connectivity index (χ0) is 21.3. The number of aryl methyl sites for hydroxylation is 1. The van der Waals surface area contributed by atoms with Gasteiger partial charge in [0, 0.05) is 10.6 Å². The molecular weight excluding hydrogens is 418 g/mol. The highest BCUT2D eigenvalue weighted by Gasteiger charge is 2.18. The first-order valence-electron chi connectivity index (χ1n) is 9.54. The number of rotatable bonds is 5. The Hall–Kier alpha value is -2.90. The molecule has 0 saturated heterocycles. The molecule has 3 N–H and O–H groups in total. The second-order valence-electron chi connectivity index (χ2n) is 6.80. The second kappa shape index (κ2) is 8.45. The molecule has 0 aliphatic heterocycles. The Kier molecular flexibility index (Phi) is 5.74. The Bertz CT molecular complexity index is 1270. The average Bonchev–Trinajstić information content (AvgIpc) is 2.74. The Morgan fingerprint density at radius 2 is 1.83 bits per heavy atom. The normalized spacial score (nSPS) is 12.2. The van der Waals surface area contributed by atoms with Crippen molar-refractivity contribution in [2.75, 3.05) is 5.73 Å². The molecule has 2 aromatic heterocycles. The number of nitrogens with zero attached hydrogens (tertiary/aromatic N) is 3. The predicted molar refractivity (Wildman–Crippen MR) is 123 cm³/mol. The first kappa shape index (κ1) is 20.4. The maximum absolute atomic E-state index is 12.4. The monoisotopic (exact) mass is 437 g/mol. The van der Waals surface area contributed by atoms with Gasteiger partial charge in [0.2, 0.25) is 0 Å². The van der Waals surface area contributed by atoms with Crippen LogP contribution < -0.4 is 11.3 Å². The number of aromatic amines is 1. The van der Waals surface area contributed by atoms with Gasteiger partial charge in [-0.2, -0.15) is 0 Å². The summed E-state index contributed by atoms with van der Waals surface area (Å²) in [6, 6.07) is 14.7. The molecule has 0 radical (unpaired) electrons. The largest absolute Gasteiger partial charge is 0.383 e. The quantitative estimate of drug-likeness (QED) is 0.335. The number of thioether (sulfide) groups is 1. The molecule has 152 valence electrons. The van der Waals surface area contributed by atoms with Crippen LogP contribution in [0.1, 0.15) is 30.6 Å². The molecule has 2 heterocycles. The molecule has 0 bridgehead atoms. The first-order valence-corrected chi connectivity index (χ1v) is 10.8. The van der Waals surface area contributed by atoms with E-state index in [1.54, 1.807) is 6.07 Å². The maximum Gasteiger partial charge on any atom is 0.258 e. The number of nitrogen functional groups attached to an aromatic ring is 1. The molecule has 0 aliphatic carbocycles. The molecule has 0 aliphatic rings. The SMILES string of the molecule is CCc1nc(SC(C)c2nc3ccccc3c(=O)[nH]2)nc(N)c1-c1ccc(Cl)cc1. The number of anilines is 1. The van der Waals surface area contributed by atoms with Crippen LogP contribution in [-0.2, 0) is 6.42 Å². The van der Waals surface area contributed by atoms with Crippen LogP contribution >= 0.6 is 23.4 Å². The summed E-state index contributed by atoms with van der Waals surface area (Å²) < 4.78 is 0. The van der Waals surface area contributed by atoms with E-state index in [9.17, 15) is 4.79 Å². The third kappa shape index (κ3) is 4.04. The van der Waals surface area contributed by atoms with E-state index in [1.807, 2.05) is 56.3 Å². The van der Waals surface area contributed by atoms with Crippen LogP contribution in [0.3, 0.4) is 0 Å². The summed E-state index contributed by atoms with van der Waals surface area (Å²) in [6.07, 6.45) is 0.706. The Morgan fingerprint density at radius 3 is 2.57 bits per heavy atom. The Balaban J connectivity index is 1.67. The number of H-pyrrole nitrogens is 1. The number of fused-ring (bicyclic) bond motifs is 1. The second-order valence-corrected chi connectivity index (χ2v) is 8.55. The molecule has 8 heteroatoms. The Morgan fingerprint density at radius 1 is 1.10 bits per heavy atom. The lowest BCUT2D eigenvalue weighted by Gasteiger charge is -2.14. The van der Waals surface area contributed by atoms with Crippen molar-refractivity contribution in [1.29, 1.82) is 0 Å². The van der Waals surface area contributed by atoms with Crippen molar-refractivity contribution in [3.8, 4) is 11.1 Å². The predicted octanol–water partition coefficient (Wildman–Crippen LogP) is 5.03. The van der Waals surface area contributed by atoms with Gasteiger partial charge in [-0.15, -0.1) is 0 Å². The van der Waals surface area contributed by atoms with Crippen LogP contribution in [0.4, 0.5) is 5.82 Å². The molecule has 0 amide bonds. The number of aromatic nitrogens is 4. The highest BCUT2D eigenvalue weighted by atomic mass is 35.5. The minimum absolute atomic E-state index is 0.157. The smallest absolute Gasteiger partial charge is 0.258 e. The van der Waals surface area contributed by atoms with Crippen LogP contribution in [0, 0.1) is 0 Å². The molecular formula is C22H20ClN5OS. The van der Waals surface area contributed by atoms with E-state index in [0.717, 1.165) is 16.8 Å². The van der Waals surface area contributed by atoms with E-state index in [1.165, 1.54) is 11.8 Å². The molecule has 1 unspecified atom stereocenters. The van der Waals surface area contributed by atoms with Gasteiger partial charge in [-0.05, 0) is 43.2 Å². The Labute approximate surface area is 182 Å². The standard InChI is InChI=1S/C22H20ClN5OS/c1-3-16-18(13-8-10-14(23)11-9-13)19(24)27-22(26-16)30-12(2)20-25-17-7-5-4-6-15(17)21(29)28-20/h4-12H,3H2,1-2H3,(H2,24,26,27)(H,25,28,29). The van der Waals surface area contributed by atoms with Crippen LogP contribution in [0.25, 0.3) is 22.0 Å². The van der Waals surface area contributed by atoms with E-state index < -0.39 is 0 Å². The average molecular weight is 438 g/mol. The van der Waals surface area contributed by atoms with E-state index in [0.29, 0.717) is 39.1 Å². The van der Waals surface area contributed by atoms with Crippen molar-refractivity contribution < 1.29 is 0 Å². The van der Waals surface area contributed by atoms with Crippen LogP contribution in [0.2, 0.25) is 5.02 Å². The van der Waals surface area contributed by atoms with Crippen molar-refractivity contribution >= 4 is 40.1 Å². The first-order chi connectivity index (χ1) is 14.5. The van der Waals surface area contributed by atoms with Crippen LogP contribution in [-0.4, -0.2) is 19.9 Å². The van der Waals surface area contributed by atoms with E-state index in [-0.39, 0.29) is 10.8 Å². The maximum atomic E-state index is 12.4. The number of nitrogens with two attached hydrogens (primary N) is 1. The topological polar surface area (TPSA) is 97.5 Å². The lowest BCUT2D eigenvalue weighted by molar-refractivity contribution is 0.876. The number of halogens is 1. The fourth-order valence-electron chi connectivity index (χ4n) is 3.25. The molecule has 6 nitrogen and oxygen atoms in total. The van der Waals surface area contributed by atoms with Gasteiger partial charge in [0.25, 0.3) is 5.56 Å². The van der Waals surface area contributed by atoms with Gasteiger partial charge in [0.05, 0.1) is 21.8 Å². The highest BCUT2D eigenvalue weighted by Crippen LogP contribution is 2.35. The van der Waals surface area contributed by atoms with Crippen molar-refractivity contribution in [3.05, 3.63) is 75.4 Å². The van der Waals surface area contributed by atoms with Gasteiger partial charge in [0.1, 0.15) is 11.6 Å². The highest BCUT2D eigenvalue weighted by molar-refractivity contribution is 7.99. The van der Waals surface area contributed by atoms with Crippen molar-refractivity contribution in [3.63, 3.8) is 0 Å². The van der Waals surface area contributed by atoms with E-state index in [4.69, 9.17) is 22.3 Å². The number of benzene rings is 2. The van der Waals surface area contributed by atoms with Gasteiger partial charge in [-0.25, -0.2) is 15.0 Å². The minimum atomic E-state index is -0.159. The van der Waals surface area contributed by atoms with Crippen LogP contribution in [0.5, 0.6) is 0 Å². The van der Waals surface area contributed by atoms with Gasteiger partial charge < -0.3 is 10.7 Å². The minimum Gasteiger partial charge on any atom is -0.383 e. The molecule has 0 saturated carbocycles.